The van der Waals surface area contributed by atoms with Gasteiger partial charge in [0.15, 0.2) is 0 Å². The third kappa shape index (κ3) is 6.76. The van der Waals surface area contributed by atoms with Gasteiger partial charge in [-0.2, -0.15) is 10.4 Å². The molecular formula is C27H26N6O2. The molecule has 1 atom stereocenters. The number of rotatable bonds is 10. The van der Waals surface area contributed by atoms with E-state index in [1.54, 1.807) is 41.3 Å². The molecule has 0 aliphatic rings. The molecular weight excluding hydrogens is 440 g/mol. The van der Waals surface area contributed by atoms with E-state index < -0.39 is 6.04 Å². The minimum atomic E-state index is -0.544. The van der Waals surface area contributed by atoms with Gasteiger partial charge in [-0.25, -0.2) is 4.98 Å². The first-order chi connectivity index (χ1) is 17.1. The van der Waals surface area contributed by atoms with Gasteiger partial charge in [-0.1, -0.05) is 42.5 Å². The van der Waals surface area contributed by atoms with Gasteiger partial charge in [0.05, 0.1) is 24.0 Å². The molecule has 0 saturated heterocycles. The summed E-state index contributed by atoms with van der Waals surface area (Å²) in [4.78, 5) is 17.5. The predicted molar refractivity (Wildman–Crippen MR) is 132 cm³/mol. The van der Waals surface area contributed by atoms with Crippen LogP contribution in [0.2, 0.25) is 0 Å². The number of aryl methyl sites for hydroxylation is 1. The van der Waals surface area contributed by atoms with Gasteiger partial charge in [0.2, 0.25) is 5.91 Å². The number of hydrogen-bond donors (Lipinski definition) is 2. The number of carbonyl (C=O) groups is 1. The normalized spacial score (nSPS) is 11.4. The van der Waals surface area contributed by atoms with Crippen molar-refractivity contribution in [1.29, 1.82) is 5.26 Å². The van der Waals surface area contributed by atoms with E-state index in [2.05, 4.69) is 26.8 Å². The van der Waals surface area contributed by atoms with Crippen LogP contribution in [-0.4, -0.2) is 27.2 Å². The fourth-order valence-electron chi connectivity index (χ4n) is 3.57. The van der Waals surface area contributed by atoms with Gasteiger partial charge in [-0.15, -0.1) is 0 Å². The highest BCUT2D eigenvalue weighted by Crippen LogP contribution is 2.18. The zero-order chi connectivity index (χ0) is 24.5. The summed E-state index contributed by atoms with van der Waals surface area (Å²) in [5.41, 5.74) is 3.54. The molecule has 4 aromatic rings. The SMILES string of the molecule is Cn1cc(COc2ccc(NC(=O)[C@@H](NCCc3ccc(C#N)cc3)c3ccccc3)nc2)cn1. The largest absolute Gasteiger partial charge is 0.487 e. The number of benzene rings is 2. The van der Waals surface area contributed by atoms with E-state index in [4.69, 9.17) is 10.00 Å². The Morgan fingerprint density at radius 2 is 1.86 bits per heavy atom. The van der Waals surface area contributed by atoms with Crippen LogP contribution in [0.15, 0.2) is 85.3 Å². The Kier molecular flexibility index (Phi) is 7.84. The topological polar surface area (TPSA) is 105 Å². The molecule has 0 unspecified atom stereocenters. The molecule has 4 rings (SSSR count). The quantitative estimate of drug-likeness (QED) is 0.369. The molecule has 8 nitrogen and oxygen atoms in total. The van der Waals surface area contributed by atoms with Crippen molar-refractivity contribution < 1.29 is 9.53 Å². The molecule has 8 heteroatoms. The minimum Gasteiger partial charge on any atom is -0.487 e. The number of hydrogen-bond acceptors (Lipinski definition) is 6. The van der Waals surface area contributed by atoms with Gasteiger partial charge in [0.1, 0.15) is 24.2 Å². The highest BCUT2D eigenvalue weighted by atomic mass is 16.5. The Morgan fingerprint density at radius 1 is 1.06 bits per heavy atom. The minimum absolute atomic E-state index is 0.201. The third-order valence-electron chi connectivity index (χ3n) is 5.39. The van der Waals surface area contributed by atoms with Gasteiger partial charge in [-0.3, -0.25) is 9.48 Å². The molecule has 0 saturated carbocycles. The monoisotopic (exact) mass is 466 g/mol. The molecule has 0 aliphatic heterocycles. The molecule has 2 N–H and O–H groups in total. The van der Waals surface area contributed by atoms with E-state index >= 15 is 0 Å². The van der Waals surface area contributed by atoms with E-state index in [1.165, 1.54) is 0 Å². The first kappa shape index (κ1) is 23.7. The number of aromatic nitrogens is 3. The predicted octanol–water partition coefficient (Wildman–Crippen LogP) is 3.78. The van der Waals surface area contributed by atoms with E-state index in [0.29, 0.717) is 30.3 Å². The molecule has 0 fully saturated rings. The molecule has 2 aromatic carbocycles. The summed E-state index contributed by atoms with van der Waals surface area (Å²) in [6.07, 6.45) is 5.95. The first-order valence-corrected chi connectivity index (χ1v) is 11.3. The number of amides is 1. The highest BCUT2D eigenvalue weighted by Gasteiger charge is 2.20. The number of ether oxygens (including phenoxy) is 1. The number of nitrogens with one attached hydrogen (secondary N) is 2. The summed E-state index contributed by atoms with van der Waals surface area (Å²) in [7, 11) is 1.85. The van der Waals surface area contributed by atoms with Gasteiger partial charge in [-0.05, 0) is 41.8 Å². The number of nitrogens with zero attached hydrogens (tertiary/aromatic N) is 4. The van der Waals surface area contributed by atoms with Crippen LogP contribution in [0.25, 0.3) is 0 Å². The van der Waals surface area contributed by atoms with Gasteiger partial charge in [0.25, 0.3) is 0 Å². The Bertz CT molecular complexity index is 1280. The highest BCUT2D eigenvalue weighted by molar-refractivity contribution is 5.94. The summed E-state index contributed by atoms with van der Waals surface area (Å²) in [5.74, 6) is 0.845. The average molecular weight is 467 g/mol. The second-order valence-electron chi connectivity index (χ2n) is 8.04. The van der Waals surface area contributed by atoms with Crippen molar-refractivity contribution in [1.82, 2.24) is 20.1 Å². The molecule has 35 heavy (non-hydrogen) atoms. The summed E-state index contributed by atoms with van der Waals surface area (Å²) in [6.45, 7) is 0.980. The van der Waals surface area contributed by atoms with Crippen molar-refractivity contribution in [2.24, 2.45) is 7.05 Å². The lowest BCUT2D eigenvalue weighted by Gasteiger charge is -2.19. The van der Waals surface area contributed by atoms with Crippen LogP contribution in [0.1, 0.15) is 28.3 Å². The van der Waals surface area contributed by atoms with E-state index in [1.807, 2.05) is 55.7 Å². The Hall–Kier alpha value is -4.48. The van der Waals surface area contributed by atoms with E-state index in [-0.39, 0.29) is 5.91 Å². The summed E-state index contributed by atoms with van der Waals surface area (Å²) in [5, 5.41) is 19.3. The smallest absolute Gasteiger partial charge is 0.247 e. The van der Waals surface area contributed by atoms with Crippen molar-refractivity contribution in [3.8, 4) is 11.8 Å². The van der Waals surface area contributed by atoms with Crippen molar-refractivity contribution >= 4 is 11.7 Å². The third-order valence-corrected chi connectivity index (χ3v) is 5.39. The van der Waals surface area contributed by atoms with Gasteiger partial charge in [0, 0.05) is 25.4 Å². The summed E-state index contributed by atoms with van der Waals surface area (Å²) >= 11 is 0. The van der Waals surface area contributed by atoms with Crippen LogP contribution in [0.4, 0.5) is 5.82 Å². The number of nitriles is 1. The molecule has 0 radical (unpaired) electrons. The number of carbonyl (C=O) groups excluding carboxylic acids is 1. The fourth-order valence-corrected chi connectivity index (χ4v) is 3.57. The standard InChI is InChI=1S/C27H26N6O2/c1-33-18-22(16-31-33)19-35-24-11-12-25(30-17-24)32-27(34)26(23-5-3-2-4-6-23)29-14-13-20-7-9-21(15-28)10-8-20/h2-12,16-18,26,29H,13-14,19H2,1H3,(H,30,32,34)/t26-/m0/s1. The van der Waals surface area contributed by atoms with Gasteiger partial charge < -0.3 is 15.4 Å². The molecule has 0 spiro atoms. The van der Waals surface area contributed by atoms with Crippen LogP contribution >= 0.6 is 0 Å². The zero-order valence-corrected chi connectivity index (χ0v) is 19.4. The van der Waals surface area contributed by atoms with E-state index in [0.717, 1.165) is 23.1 Å². The molecule has 2 heterocycles. The number of pyridine rings is 1. The Labute approximate surface area is 204 Å². The lowest BCUT2D eigenvalue weighted by molar-refractivity contribution is -0.118. The maximum atomic E-state index is 13.1. The van der Waals surface area contributed by atoms with E-state index in [9.17, 15) is 4.79 Å². The van der Waals surface area contributed by atoms with Gasteiger partial charge >= 0.3 is 0 Å². The fraction of sp³-hybridized carbons (Fsp3) is 0.185. The maximum absolute atomic E-state index is 13.1. The van der Waals surface area contributed by atoms with Crippen molar-refractivity contribution in [3.63, 3.8) is 0 Å². The van der Waals surface area contributed by atoms with Crippen LogP contribution in [-0.2, 0) is 24.9 Å². The van der Waals surface area contributed by atoms with Crippen LogP contribution in [0, 0.1) is 11.3 Å². The second kappa shape index (κ2) is 11.6. The number of anilines is 1. The summed E-state index contributed by atoms with van der Waals surface area (Å²) < 4.78 is 7.45. The lowest BCUT2D eigenvalue weighted by atomic mass is 10.1. The Balaban J connectivity index is 1.36. The van der Waals surface area contributed by atoms with Crippen LogP contribution < -0.4 is 15.4 Å². The van der Waals surface area contributed by atoms with Crippen LogP contribution in [0.3, 0.4) is 0 Å². The van der Waals surface area contributed by atoms with Crippen LogP contribution in [0.5, 0.6) is 5.75 Å². The maximum Gasteiger partial charge on any atom is 0.247 e. The molecule has 0 aliphatic carbocycles. The van der Waals surface area contributed by atoms with Crippen molar-refractivity contribution in [2.75, 3.05) is 11.9 Å². The lowest BCUT2D eigenvalue weighted by Crippen LogP contribution is -2.34. The molecule has 1 amide bonds. The molecule has 2 aromatic heterocycles. The molecule has 176 valence electrons. The molecule has 0 bridgehead atoms. The zero-order valence-electron chi connectivity index (χ0n) is 19.4. The second-order valence-corrected chi connectivity index (χ2v) is 8.04. The van der Waals surface area contributed by atoms with Crippen molar-refractivity contribution in [2.45, 2.75) is 19.1 Å². The van der Waals surface area contributed by atoms with Crippen molar-refractivity contribution in [3.05, 3.63) is 108 Å². The average Bonchev–Trinajstić information content (AvgIpc) is 3.32. The first-order valence-electron chi connectivity index (χ1n) is 11.3. The Morgan fingerprint density at radius 3 is 2.51 bits per heavy atom. The summed E-state index contributed by atoms with van der Waals surface area (Å²) in [6, 6.07) is 22.1.